The van der Waals surface area contributed by atoms with Gasteiger partial charge in [0.2, 0.25) is 0 Å². The van der Waals surface area contributed by atoms with Crippen LogP contribution in [-0.4, -0.2) is 29.9 Å². The number of hydrogen-bond acceptors (Lipinski definition) is 1. The van der Waals surface area contributed by atoms with Gasteiger partial charge in [0.25, 0.3) is 0 Å². The first-order valence-corrected chi connectivity index (χ1v) is 9.75. The van der Waals surface area contributed by atoms with Crippen LogP contribution in [0.1, 0.15) is 77.0 Å². The van der Waals surface area contributed by atoms with Gasteiger partial charge in [-0.3, -0.25) is 0 Å². The Hall–Kier alpha value is 0.440. The van der Waals surface area contributed by atoms with E-state index in [1.807, 2.05) is 0 Å². The molecular weight excluding hydrogens is 298 g/mol. The molecule has 1 saturated carbocycles. The molecule has 19 heavy (non-hydrogen) atoms. The summed E-state index contributed by atoms with van der Waals surface area (Å²) in [6, 6.07) is 0. The third-order valence-corrected chi connectivity index (χ3v) is 5.85. The number of rotatable bonds is 9. The number of likely N-dealkylation sites (tertiary alicyclic amines) is 1. The lowest BCUT2D eigenvalue weighted by molar-refractivity contribution is 0.257. The molecule has 0 radical (unpaired) electrons. The van der Waals surface area contributed by atoms with Crippen molar-refractivity contribution in [2.24, 2.45) is 5.41 Å². The summed E-state index contributed by atoms with van der Waals surface area (Å²) in [5.41, 5.74) is 0.773. The molecule has 1 aliphatic heterocycles. The molecule has 0 atom stereocenters. The fourth-order valence-electron chi connectivity index (χ4n) is 4.07. The van der Waals surface area contributed by atoms with Crippen LogP contribution in [0.3, 0.4) is 0 Å². The predicted molar refractivity (Wildman–Crippen MR) is 88.1 cm³/mol. The Bertz CT molecular complexity index is 235. The number of hydrogen-bond donors (Lipinski definition) is 0. The normalized spacial score (nSPS) is 22.6. The van der Waals surface area contributed by atoms with Crippen molar-refractivity contribution < 1.29 is 0 Å². The largest absolute Gasteiger partial charge is 0.303 e. The fourth-order valence-corrected chi connectivity index (χ4v) is 4.46. The highest BCUT2D eigenvalue weighted by atomic mass is 79.9. The molecule has 0 N–H and O–H groups in total. The standard InChI is InChI=1S/C17H32BrN/c18-13-8-4-2-1-3-5-9-14-19-15-12-17(16-19)10-6-7-11-17/h1-16H2. The minimum Gasteiger partial charge on any atom is -0.303 e. The zero-order chi connectivity index (χ0) is 13.4. The van der Waals surface area contributed by atoms with Crippen molar-refractivity contribution in [1.29, 1.82) is 0 Å². The van der Waals surface area contributed by atoms with Crippen molar-refractivity contribution in [2.45, 2.75) is 77.0 Å². The van der Waals surface area contributed by atoms with Crippen molar-refractivity contribution in [3.05, 3.63) is 0 Å². The van der Waals surface area contributed by atoms with Crippen LogP contribution in [0.2, 0.25) is 0 Å². The number of nitrogens with zero attached hydrogens (tertiary/aromatic N) is 1. The predicted octanol–water partition coefficient (Wildman–Crippen LogP) is 5.38. The maximum Gasteiger partial charge on any atom is 0.00384 e. The summed E-state index contributed by atoms with van der Waals surface area (Å²) in [7, 11) is 0. The molecule has 0 bridgehead atoms. The average Bonchev–Trinajstić information content (AvgIpc) is 3.04. The minimum atomic E-state index is 0.773. The van der Waals surface area contributed by atoms with Crippen molar-refractivity contribution >= 4 is 15.9 Å². The zero-order valence-electron chi connectivity index (χ0n) is 12.6. The lowest BCUT2D eigenvalue weighted by Gasteiger charge is -2.23. The molecule has 0 aromatic carbocycles. The monoisotopic (exact) mass is 329 g/mol. The third-order valence-electron chi connectivity index (χ3n) is 5.29. The molecule has 0 amide bonds. The maximum absolute atomic E-state index is 3.50. The maximum atomic E-state index is 3.50. The van der Waals surface area contributed by atoms with Gasteiger partial charge in [0.05, 0.1) is 0 Å². The van der Waals surface area contributed by atoms with Gasteiger partial charge in [0, 0.05) is 11.9 Å². The van der Waals surface area contributed by atoms with Gasteiger partial charge in [-0.05, 0) is 50.6 Å². The third kappa shape index (κ3) is 5.38. The topological polar surface area (TPSA) is 3.24 Å². The minimum absolute atomic E-state index is 0.773. The second-order valence-electron chi connectivity index (χ2n) is 6.90. The number of alkyl halides is 1. The zero-order valence-corrected chi connectivity index (χ0v) is 14.2. The Morgan fingerprint density at radius 3 is 2.11 bits per heavy atom. The summed E-state index contributed by atoms with van der Waals surface area (Å²) in [6.07, 6.45) is 17.6. The molecule has 2 aliphatic rings. The van der Waals surface area contributed by atoms with E-state index in [1.54, 1.807) is 0 Å². The van der Waals surface area contributed by atoms with E-state index >= 15 is 0 Å². The first-order chi connectivity index (χ1) is 9.35. The highest BCUT2D eigenvalue weighted by Gasteiger charge is 2.39. The lowest BCUT2D eigenvalue weighted by atomic mass is 9.86. The number of unbranched alkanes of at least 4 members (excludes halogenated alkanes) is 6. The summed E-state index contributed by atoms with van der Waals surface area (Å²) in [4.78, 5) is 2.76. The second-order valence-corrected chi connectivity index (χ2v) is 7.69. The fraction of sp³-hybridized carbons (Fsp3) is 1.00. The van der Waals surface area contributed by atoms with Gasteiger partial charge in [-0.2, -0.15) is 0 Å². The first kappa shape index (κ1) is 15.8. The van der Waals surface area contributed by atoms with E-state index in [9.17, 15) is 0 Å². The van der Waals surface area contributed by atoms with Crippen molar-refractivity contribution in [3.63, 3.8) is 0 Å². The molecule has 1 heterocycles. The lowest BCUT2D eigenvalue weighted by Crippen LogP contribution is -2.26. The van der Waals surface area contributed by atoms with Crippen LogP contribution in [0.15, 0.2) is 0 Å². The molecule has 1 nitrogen and oxygen atoms in total. The Labute approximate surface area is 128 Å². The van der Waals surface area contributed by atoms with Gasteiger partial charge < -0.3 is 4.90 Å². The van der Waals surface area contributed by atoms with Crippen molar-refractivity contribution in [2.75, 3.05) is 25.0 Å². The quantitative estimate of drug-likeness (QED) is 0.405. The Morgan fingerprint density at radius 2 is 1.42 bits per heavy atom. The van der Waals surface area contributed by atoms with Crippen molar-refractivity contribution in [1.82, 2.24) is 4.90 Å². The molecular formula is C17H32BrN. The molecule has 2 fully saturated rings. The van der Waals surface area contributed by atoms with Crippen LogP contribution in [-0.2, 0) is 0 Å². The van der Waals surface area contributed by atoms with E-state index in [2.05, 4.69) is 20.8 Å². The molecule has 1 saturated heterocycles. The SMILES string of the molecule is BrCCCCCCCCCN1CCC2(CCCC2)C1. The smallest absolute Gasteiger partial charge is 0.00384 e. The summed E-state index contributed by atoms with van der Waals surface area (Å²) >= 11 is 3.50. The Kier molecular flexibility index (Phi) is 7.22. The van der Waals surface area contributed by atoms with E-state index in [-0.39, 0.29) is 0 Å². The highest BCUT2D eigenvalue weighted by Crippen LogP contribution is 2.45. The van der Waals surface area contributed by atoms with Crippen molar-refractivity contribution in [3.8, 4) is 0 Å². The van der Waals surface area contributed by atoms with E-state index in [0.717, 1.165) is 5.41 Å². The highest BCUT2D eigenvalue weighted by molar-refractivity contribution is 9.09. The van der Waals surface area contributed by atoms with Crippen LogP contribution in [0, 0.1) is 5.41 Å². The van der Waals surface area contributed by atoms with Crippen LogP contribution in [0.4, 0.5) is 0 Å². The van der Waals surface area contributed by atoms with Gasteiger partial charge in [-0.1, -0.05) is 60.9 Å². The van der Waals surface area contributed by atoms with E-state index in [4.69, 9.17) is 0 Å². The summed E-state index contributed by atoms with van der Waals surface area (Å²) in [6.45, 7) is 4.20. The first-order valence-electron chi connectivity index (χ1n) is 8.63. The van der Waals surface area contributed by atoms with Crippen LogP contribution in [0.5, 0.6) is 0 Å². The van der Waals surface area contributed by atoms with E-state index in [1.165, 1.54) is 102 Å². The van der Waals surface area contributed by atoms with Gasteiger partial charge in [0.15, 0.2) is 0 Å². The van der Waals surface area contributed by atoms with Gasteiger partial charge in [-0.25, -0.2) is 0 Å². The molecule has 0 aromatic rings. The molecule has 1 spiro atoms. The van der Waals surface area contributed by atoms with Crippen LogP contribution >= 0.6 is 15.9 Å². The summed E-state index contributed by atoms with van der Waals surface area (Å²) in [5.74, 6) is 0. The van der Waals surface area contributed by atoms with E-state index in [0.29, 0.717) is 0 Å². The summed E-state index contributed by atoms with van der Waals surface area (Å²) < 4.78 is 0. The molecule has 2 rings (SSSR count). The van der Waals surface area contributed by atoms with Gasteiger partial charge in [-0.15, -0.1) is 0 Å². The van der Waals surface area contributed by atoms with Gasteiger partial charge in [0.1, 0.15) is 0 Å². The van der Waals surface area contributed by atoms with Crippen LogP contribution < -0.4 is 0 Å². The molecule has 1 aliphatic carbocycles. The Balaban J connectivity index is 1.44. The second kappa shape index (κ2) is 8.67. The molecule has 0 aromatic heterocycles. The molecule has 0 unspecified atom stereocenters. The molecule has 112 valence electrons. The number of halogens is 1. The molecule has 2 heteroatoms. The average molecular weight is 330 g/mol. The van der Waals surface area contributed by atoms with Crippen LogP contribution in [0.25, 0.3) is 0 Å². The summed E-state index contributed by atoms with van der Waals surface area (Å²) in [5, 5.41) is 1.18. The Morgan fingerprint density at radius 1 is 0.789 bits per heavy atom. The van der Waals surface area contributed by atoms with E-state index < -0.39 is 0 Å². The van der Waals surface area contributed by atoms with Gasteiger partial charge >= 0.3 is 0 Å².